The van der Waals surface area contributed by atoms with Crippen molar-refractivity contribution in [3.8, 4) is 0 Å². The van der Waals surface area contributed by atoms with Gasteiger partial charge in [-0.3, -0.25) is 4.79 Å². The monoisotopic (exact) mass is 340 g/mol. The predicted octanol–water partition coefficient (Wildman–Crippen LogP) is 4.59. The zero-order valence-corrected chi connectivity index (χ0v) is 12.4. The molecule has 0 spiro atoms. The van der Waals surface area contributed by atoms with E-state index in [1.54, 1.807) is 24.3 Å². The van der Waals surface area contributed by atoms with Crippen molar-refractivity contribution in [3.63, 3.8) is 0 Å². The number of halogens is 4. The fraction of sp³-hybridized carbons (Fsp3) is 0.0625. The van der Waals surface area contributed by atoms with Crippen molar-refractivity contribution >= 4 is 35.0 Å². The summed E-state index contributed by atoms with van der Waals surface area (Å²) in [6.07, 6.45) is -1.85. The Bertz CT molecular complexity index is 740. The minimum absolute atomic E-state index is 0.00804. The van der Waals surface area contributed by atoms with Gasteiger partial charge >= 0.3 is 6.18 Å². The number of benzene rings is 2. The molecular weight excluding hydrogens is 329 g/mol. The summed E-state index contributed by atoms with van der Waals surface area (Å²) in [5, 5.41) is 1.93. The molecule has 0 aliphatic carbocycles. The van der Waals surface area contributed by atoms with E-state index in [0.29, 0.717) is 5.69 Å². The van der Waals surface area contributed by atoms with Gasteiger partial charge in [-0.15, -0.1) is 0 Å². The number of hydrogen-bond donors (Lipinski definition) is 2. The van der Waals surface area contributed by atoms with Gasteiger partial charge in [0.05, 0.1) is 10.6 Å². The number of carbonyl (C=O) groups is 1. The first-order valence-corrected chi connectivity index (χ1v) is 6.85. The topological polar surface area (TPSA) is 55.1 Å². The molecule has 0 heterocycles. The highest BCUT2D eigenvalue weighted by Gasteiger charge is 2.33. The molecule has 0 bridgehead atoms. The molecule has 0 aliphatic heterocycles. The Morgan fingerprint density at radius 2 is 1.78 bits per heavy atom. The van der Waals surface area contributed by atoms with Crippen molar-refractivity contribution in [2.45, 2.75) is 6.18 Å². The van der Waals surface area contributed by atoms with E-state index >= 15 is 0 Å². The van der Waals surface area contributed by atoms with E-state index in [-0.39, 0.29) is 5.69 Å². The Balaban J connectivity index is 2.10. The summed E-state index contributed by atoms with van der Waals surface area (Å²) >= 11 is 5.51. The number of nitrogens with one attached hydrogen (secondary N) is 1. The number of rotatable bonds is 3. The van der Waals surface area contributed by atoms with E-state index < -0.39 is 22.7 Å². The molecule has 0 aliphatic rings. The molecule has 0 fully saturated rings. The van der Waals surface area contributed by atoms with Crippen molar-refractivity contribution in [2.75, 3.05) is 11.1 Å². The van der Waals surface area contributed by atoms with Gasteiger partial charge in [0, 0.05) is 17.5 Å². The van der Waals surface area contributed by atoms with Crippen molar-refractivity contribution in [1.82, 2.24) is 0 Å². The van der Waals surface area contributed by atoms with Crippen LogP contribution in [0.15, 0.2) is 48.5 Å². The summed E-state index contributed by atoms with van der Waals surface area (Å²) in [5.74, 6) is -0.558. The van der Waals surface area contributed by atoms with Crippen LogP contribution in [-0.4, -0.2) is 5.91 Å². The van der Waals surface area contributed by atoms with Crippen LogP contribution in [0.1, 0.15) is 11.1 Å². The van der Waals surface area contributed by atoms with E-state index in [2.05, 4.69) is 5.32 Å². The number of amides is 1. The minimum Gasteiger partial charge on any atom is -0.399 e. The molecule has 3 nitrogen and oxygen atoms in total. The molecule has 0 saturated carbocycles. The molecule has 120 valence electrons. The summed E-state index contributed by atoms with van der Waals surface area (Å²) in [6, 6.07) is 9.94. The largest absolute Gasteiger partial charge is 0.417 e. The Kier molecular flexibility index (Phi) is 4.95. The third-order valence-corrected chi connectivity index (χ3v) is 3.23. The lowest BCUT2D eigenvalue weighted by Crippen LogP contribution is -2.11. The third-order valence-electron chi connectivity index (χ3n) is 2.90. The Morgan fingerprint density at radius 3 is 2.39 bits per heavy atom. The molecule has 7 heteroatoms. The van der Waals surface area contributed by atoms with Gasteiger partial charge in [0.1, 0.15) is 0 Å². The Labute approximate surface area is 135 Å². The maximum atomic E-state index is 12.7. The lowest BCUT2D eigenvalue weighted by atomic mass is 10.2. The lowest BCUT2D eigenvalue weighted by Gasteiger charge is -2.11. The van der Waals surface area contributed by atoms with Crippen LogP contribution < -0.4 is 11.1 Å². The van der Waals surface area contributed by atoms with E-state index in [4.69, 9.17) is 17.3 Å². The fourth-order valence-corrected chi connectivity index (χ4v) is 2.01. The number of nitrogen functional groups attached to an aromatic ring is 1. The minimum atomic E-state index is -4.59. The number of carbonyl (C=O) groups excluding carboxylic acids is 1. The van der Waals surface area contributed by atoms with Crippen LogP contribution in [0, 0.1) is 0 Å². The number of alkyl halides is 3. The zero-order chi connectivity index (χ0) is 17.0. The van der Waals surface area contributed by atoms with Crippen LogP contribution in [0.3, 0.4) is 0 Å². The molecule has 0 radical (unpaired) electrons. The Hall–Kier alpha value is -2.47. The first kappa shape index (κ1) is 16.9. The van der Waals surface area contributed by atoms with E-state index in [9.17, 15) is 18.0 Å². The molecule has 3 N–H and O–H groups in total. The average Bonchev–Trinajstić information content (AvgIpc) is 2.47. The molecular formula is C16H12ClF3N2O. The second-order valence-electron chi connectivity index (χ2n) is 4.68. The van der Waals surface area contributed by atoms with Gasteiger partial charge in [-0.25, -0.2) is 0 Å². The van der Waals surface area contributed by atoms with Crippen LogP contribution in [0.25, 0.3) is 6.08 Å². The maximum Gasteiger partial charge on any atom is 0.417 e. The average molecular weight is 341 g/mol. The quantitative estimate of drug-likeness (QED) is 0.634. The second-order valence-corrected chi connectivity index (χ2v) is 5.09. The van der Waals surface area contributed by atoms with Crippen molar-refractivity contribution in [3.05, 3.63) is 64.7 Å². The van der Waals surface area contributed by atoms with Crippen LogP contribution in [0.5, 0.6) is 0 Å². The number of nitrogens with two attached hydrogens (primary N) is 1. The molecule has 23 heavy (non-hydrogen) atoms. The fourth-order valence-electron chi connectivity index (χ4n) is 1.78. The first-order chi connectivity index (χ1) is 10.8. The van der Waals surface area contributed by atoms with Gasteiger partial charge in [-0.2, -0.15) is 13.2 Å². The van der Waals surface area contributed by atoms with Crippen LogP contribution in [-0.2, 0) is 11.0 Å². The summed E-state index contributed by atoms with van der Waals surface area (Å²) in [7, 11) is 0. The number of hydrogen-bond acceptors (Lipinski definition) is 2. The van der Waals surface area contributed by atoms with Gasteiger partial charge in [-0.05, 0) is 42.0 Å². The first-order valence-electron chi connectivity index (χ1n) is 6.47. The summed E-state index contributed by atoms with van der Waals surface area (Å²) in [5.41, 5.74) is 5.88. The predicted molar refractivity (Wildman–Crippen MR) is 85.0 cm³/mol. The Morgan fingerprint density at radius 1 is 1.13 bits per heavy atom. The van der Waals surface area contributed by atoms with Crippen molar-refractivity contribution in [2.24, 2.45) is 0 Å². The van der Waals surface area contributed by atoms with Gasteiger partial charge < -0.3 is 11.1 Å². The van der Waals surface area contributed by atoms with E-state index in [1.807, 2.05) is 0 Å². The molecule has 1 amide bonds. The third kappa shape index (κ3) is 4.75. The normalized spacial score (nSPS) is 11.7. The van der Waals surface area contributed by atoms with Crippen molar-refractivity contribution < 1.29 is 18.0 Å². The smallest absolute Gasteiger partial charge is 0.399 e. The molecule has 0 atom stereocenters. The zero-order valence-electron chi connectivity index (χ0n) is 11.7. The van der Waals surface area contributed by atoms with Crippen LogP contribution in [0.2, 0.25) is 5.02 Å². The van der Waals surface area contributed by atoms with Crippen LogP contribution >= 0.6 is 11.6 Å². The lowest BCUT2D eigenvalue weighted by molar-refractivity contribution is -0.137. The highest BCUT2D eigenvalue weighted by Crippen LogP contribution is 2.36. The molecule has 2 rings (SSSR count). The standard InChI is InChI=1S/C16H12ClF3N2O/c17-14-7-6-12(9-13(14)16(18,19)20)22-15(23)8-3-10-1-4-11(21)5-2-10/h1-9H,21H2,(H,22,23)/b8-3+. The SMILES string of the molecule is Nc1ccc(/C=C/C(=O)Nc2ccc(Cl)c(C(F)(F)F)c2)cc1. The summed E-state index contributed by atoms with van der Waals surface area (Å²) < 4.78 is 38.2. The maximum absolute atomic E-state index is 12.7. The van der Waals surface area contributed by atoms with Gasteiger partial charge in [0.15, 0.2) is 0 Å². The number of anilines is 2. The summed E-state index contributed by atoms with van der Waals surface area (Å²) in [6.45, 7) is 0. The molecule has 2 aromatic carbocycles. The second kappa shape index (κ2) is 6.75. The molecule has 0 unspecified atom stereocenters. The molecule has 0 aromatic heterocycles. The highest BCUT2D eigenvalue weighted by molar-refractivity contribution is 6.31. The van der Waals surface area contributed by atoms with E-state index in [0.717, 1.165) is 17.7 Å². The summed E-state index contributed by atoms with van der Waals surface area (Å²) in [4.78, 5) is 11.8. The van der Waals surface area contributed by atoms with Crippen molar-refractivity contribution in [1.29, 1.82) is 0 Å². The molecule has 0 saturated heterocycles. The molecule has 2 aromatic rings. The van der Waals surface area contributed by atoms with Gasteiger partial charge in [0.25, 0.3) is 0 Å². The van der Waals surface area contributed by atoms with Gasteiger partial charge in [-0.1, -0.05) is 23.7 Å². The van der Waals surface area contributed by atoms with E-state index in [1.165, 1.54) is 18.2 Å². The van der Waals surface area contributed by atoms with Crippen LogP contribution in [0.4, 0.5) is 24.5 Å². The highest BCUT2D eigenvalue weighted by atomic mass is 35.5. The van der Waals surface area contributed by atoms with Gasteiger partial charge in [0.2, 0.25) is 5.91 Å².